The monoisotopic (exact) mass is 232 g/mol. The largest absolute Gasteiger partial charge is 0.465 e. The second-order valence-corrected chi connectivity index (χ2v) is 5.57. The predicted molar refractivity (Wildman–Crippen MR) is 61.9 cm³/mol. The third-order valence-corrected chi connectivity index (χ3v) is 2.67. The maximum atomic E-state index is 11.7. The molecule has 0 aromatic heterocycles. The van der Waals surface area contributed by atoms with E-state index in [1.807, 2.05) is 13.8 Å². The molecule has 4 heteroatoms. The summed E-state index contributed by atoms with van der Waals surface area (Å²) in [6.07, 6.45) is 0.993. The van der Waals surface area contributed by atoms with Gasteiger partial charge in [0.1, 0.15) is 0 Å². The van der Waals surface area contributed by atoms with Gasteiger partial charge in [0, 0.05) is 18.6 Å². The van der Waals surface area contributed by atoms with Crippen LogP contribution in [0.1, 0.15) is 40.5 Å². The van der Waals surface area contributed by atoms with E-state index >= 15 is 0 Å². The first-order valence-corrected chi connectivity index (χ1v) is 5.64. The van der Waals surface area contributed by atoms with Gasteiger partial charge < -0.3 is 14.9 Å². The molecule has 0 heterocycles. The van der Waals surface area contributed by atoms with E-state index in [1.54, 1.807) is 13.8 Å². The summed E-state index contributed by atoms with van der Waals surface area (Å²) in [5.41, 5.74) is -0.857. The fourth-order valence-corrected chi connectivity index (χ4v) is 1.21. The van der Waals surface area contributed by atoms with E-state index < -0.39 is 5.41 Å². The van der Waals surface area contributed by atoms with E-state index in [9.17, 15) is 4.79 Å². The number of carbonyl (C=O) groups excluding carboxylic acids is 1. The van der Waals surface area contributed by atoms with Crippen molar-refractivity contribution < 1.29 is 19.7 Å². The second kappa shape index (κ2) is 6.21. The highest BCUT2D eigenvalue weighted by molar-refractivity contribution is 5.75. The third-order valence-electron chi connectivity index (χ3n) is 2.67. The van der Waals surface area contributed by atoms with Gasteiger partial charge in [0.2, 0.25) is 0 Å². The Labute approximate surface area is 97.6 Å². The number of aliphatic hydroxyl groups excluding tert-OH is 2. The lowest BCUT2D eigenvalue weighted by Crippen LogP contribution is -2.31. The second-order valence-electron chi connectivity index (χ2n) is 5.57. The molecule has 0 atom stereocenters. The van der Waals surface area contributed by atoms with E-state index in [0.29, 0.717) is 19.4 Å². The molecule has 0 unspecified atom stereocenters. The van der Waals surface area contributed by atoms with Crippen LogP contribution in [-0.4, -0.2) is 36.0 Å². The zero-order valence-corrected chi connectivity index (χ0v) is 10.7. The van der Waals surface area contributed by atoms with Crippen molar-refractivity contribution in [3.8, 4) is 0 Å². The first kappa shape index (κ1) is 15.4. The first-order chi connectivity index (χ1) is 7.25. The summed E-state index contributed by atoms with van der Waals surface area (Å²) < 4.78 is 5.22. The van der Waals surface area contributed by atoms with Gasteiger partial charge in [-0.25, -0.2) is 0 Å². The lowest BCUT2D eigenvalue weighted by Gasteiger charge is -2.27. The van der Waals surface area contributed by atoms with Crippen molar-refractivity contribution in [3.05, 3.63) is 0 Å². The zero-order valence-electron chi connectivity index (χ0n) is 10.7. The van der Waals surface area contributed by atoms with Crippen molar-refractivity contribution in [2.24, 2.45) is 10.8 Å². The standard InChI is InChI=1S/C12H24O4/c1-11(2,5-7-13)9-16-10(15)12(3,4)6-8-14/h13-14H,5-9H2,1-4H3. The molecule has 0 aliphatic heterocycles. The van der Waals surface area contributed by atoms with Crippen LogP contribution < -0.4 is 0 Å². The molecule has 0 aliphatic carbocycles. The van der Waals surface area contributed by atoms with Crippen LogP contribution in [-0.2, 0) is 9.53 Å². The molecular weight excluding hydrogens is 208 g/mol. The Morgan fingerprint density at radius 2 is 1.56 bits per heavy atom. The SMILES string of the molecule is CC(C)(CCO)COC(=O)C(C)(C)CCO. The maximum absolute atomic E-state index is 11.7. The van der Waals surface area contributed by atoms with Crippen LogP contribution in [0.25, 0.3) is 0 Å². The van der Waals surface area contributed by atoms with Gasteiger partial charge in [-0.2, -0.15) is 0 Å². The summed E-state index contributed by atoms with van der Waals surface area (Å²) in [6.45, 7) is 7.74. The van der Waals surface area contributed by atoms with Crippen molar-refractivity contribution >= 4 is 5.97 Å². The van der Waals surface area contributed by atoms with Crippen molar-refractivity contribution in [2.45, 2.75) is 40.5 Å². The molecule has 0 amide bonds. The molecule has 0 bridgehead atoms. The van der Waals surface area contributed by atoms with Gasteiger partial charge >= 0.3 is 5.97 Å². The van der Waals surface area contributed by atoms with Gasteiger partial charge in [0.25, 0.3) is 0 Å². The number of ether oxygens (including phenoxy) is 1. The topological polar surface area (TPSA) is 66.8 Å². The molecule has 2 N–H and O–H groups in total. The molecule has 16 heavy (non-hydrogen) atoms. The minimum atomic E-state index is -0.649. The van der Waals surface area contributed by atoms with Gasteiger partial charge in [-0.3, -0.25) is 4.79 Å². The lowest BCUT2D eigenvalue weighted by atomic mass is 9.88. The minimum absolute atomic E-state index is 0.0257. The average molecular weight is 232 g/mol. The van der Waals surface area contributed by atoms with Crippen molar-refractivity contribution in [3.63, 3.8) is 0 Å². The molecule has 0 aromatic carbocycles. The Balaban J connectivity index is 4.16. The fourth-order valence-electron chi connectivity index (χ4n) is 1.21. The van der Waals surface area contributed by atoms with Crippen molar-refractivity contribution in [2.75, 3.05) is 19.8 Å². The highest BCUT2D eigenvalue weighted by Crippen LogP contribution is 2.25. The zero-order chi connectivity index (χ0) is 12.8. The molecule has 0 aliphatic rings. The smallest absolute Gasteiger partial charge is 0.311 e. The molecule has 0 aromatic rings. The van der Waals surface area contributed by atoms with E-state index in [-0.39, 0.29) is 24.6 Å². The third kappa shape index (κ3) is 5.47. The van der Waals surface area contributed by atoms with Crippen LogP contribution in [0.4, 0.5) is 0 Å². The van der Waals surface area contributed by atoms with Crippen LogP contribution >= 0.6 is 0 Å². The summed E-state index contributed by atoms with van der Waals surface area (Å²) in [7, 11) is 0. The summed E-state index contributed by atoms with van der Waals surface area (Å²) in [5.74, 6) is -0.299. The van der Waals surface area contributed by atoms with Gasteiger partial charge in [-0.05, 0) is 26.7 Å². The number of esters is 1. The molecule has 4 nitrogen and oxygen atoms in total. The number of carbonyl (C=O) groups is 1. The number of rotatable bonds is 7. The summed E-state index contributed by atoms with van der Waals surface area (Å²) in [4.78, 5) is 11.7. The van der Waals surface area contributed by atoms with Gasteiger partial charge in [-0.15, -0.1) is 0 Å². The van der Waals surface area contributed by atoms with E-state index in [0.717, 1.165) is 0 Å². The van der Waals surface area contributed by atoms with E-state index in [2.05, 4.69) is 0 Å². The van der Waals surface area contributed by atoms with Crippen LogP contribution in [0.15, 0.2) is 0 Å². The Kier molecular flexibility index (Phi) is 5.97. The lowest BCUT2D eigenvalue weighted by molar-refractivity contribution is -0.158. The maximum Gasteiger partial charge on any atom is 0.311 e. The quantitative estimate of drug-likeness (QED) is 0.650. The predicted octanol–water partition coefficient (Wildman–Crippen LogP) is 1.35. The van der Waals surface area contributed by atoms with Crippen LogP contribution in [0.5, 0.6) is 0 Å². The Morgan fingerprint density at radius 3 is 2.00 bits per heavy atom. The van der Waals surface area contributed by atoms with Gasteiger partial charge in [0.15, 0.2) is 0 Å². The molecule has 0 fully saturated rings. The van der Waals surface area contributed by atoms with Crippen molar-refractivity contribution in [1.29, 1.82) is 0 Å². The average Bonchev–Trinajstić information content (AvgIpc) is 2.14. The molecule has 0 saturated carbocycles. The Morgan fingerprint density at radius 1 is 1.06 bits per heavy atom. The van der Waals surface area contributed by atoms with Gasteiger partial charge in [-0.1, -0.05) is 13.8 Å². The first-order valence-electron chi connectivity index (χ1n) is 5.64. The number of aliphatic hydroxyl groups is 2. The van der Waals surface area contributed by atoms with E-state index in [1.165, 1.54) is 0 Å². The number of hydrogen-bond donors (Lipinski definition) is 2. The molecule has 0 saturated heterocycles. The van der Waals surface area contributed by atoms with Crippen molar-refractivity contribution in [1.82, 2.24) is 0 Å². The Hall–Kier alpha value is -0.610. The summed E-state index contributed by atoms with van der Waals surface area (Å²) >= 11 is 0. The molecule has 0 spiro atoms. The Bertz CT molecular complexity index is 221. The van der Waals surface area contributed by atoms with Crippen LogP contribution in [0.3, 0.4) is 0 Å². The van der Waals surface area contributed by atoms with E-state index in [4.69, 9.17) is 14.9 Å². The number of hydrogen-bond acceptors (Lipinski definition) is 4. The molecular formula is C12H24O4. The van der Waals surface area contributed by atoms with Crippen LogP contribution in [0.2, 0.25) is 0 Å². The summed E-state index contributed by atoms with van der Waals surface area (Å²) in [6, 6.07) is 0. The normalized spacial score (nSPS) is 12.6. The molecule has 0 rings (SSSR count). The highest BCUT2D eigenvalue weighted by atomic mass is 16.5. The minimum Gasteiger partial charge on any atom is -0.465 e. The highest BCUT2D eigenvalue weighted by Gasteiger charge is 2.30. The summed E-state index contributed by atoms with van der Waals surface area (Å²) in [5, 5.41) is 17.7. The van der Waals surface area contributed by atoms with Gasteiger partial charge in [0.05, 0.1) is 12.0 Å². The molecule has 96 valence electrons. The van der Waals surface area contributed by atoms with Crippen LogP contribution in [0, 0.1) is 10.8 Å². The fraction of sp³-hybridized carbons (Fsp3) is 0.917. The molecule has 0 radical (unpaired) electrons.